The van der Waals surface area contributed by atoms with E-state index in [-0.39, 0.29) is 5.69 Å². The molecule has 6 nitrogen and oxygen atoms in total. The average molecular weight is 365 g/mol. The first-order valence-corrected chi connectivity index (χ1v) is 7.26. The van der Waals surface area contributed by atoms with Gasteiger partial charge in [0, 0.05) is 11.3 Å². The van der Waals surface area contributed by atoms with Crippen molar-refractivity contribution in [1.82, 2.24) is 5.43 Å². The molecule has 0 fully saturated rings. The molecule has 0 aliphatic heterocycles. The lowest BCUT2D eigenvalue weighted by atomic mass is 10.2. The van der Waals surface area contributed by atoms with Gasteiger partial charge in [-0.25, -0.2) is 5.43 Å². The lowest BCUT2D eigenvalue weighted by molar-refractivity contribution is -0.137. The standard InChI is InChI=1S/C17H14F3N3O3/c1-26-14-8-3-2-5-11(14)10-21-23-16(25)15(24)22-13-7-4-6-12(9-13)17(18,19)20/h2-10H,1H3,(H,22,24)(H,23,25)/b21-10+. The highest BCUT2D eigenvalue weighted by Crippen LogP contribution is 2.30. The molecule has 0 bridgehead atoms. The molecule has 0 aromatic heterocycles. The van der Waals surface area contributed by atoms with Gasteiger partial charge in [-0.2, -0.15) is 18.3 Å². The second-order valence-electron chi connectivity index (χ2n) is 4.97. The number of carbonyl (C=O) groups excluding carboxylic acids is 2. The van der Waals surface area contributed by atoms with Crippen LogP contribution in [0.15, 0.2) is 53.6 Å². The molecule has 2 aromatic carbocycles. The summed E-state index contributed by atoms with van der Waals surface area (Å²) in [6, 6.07) is 10.8. The summed E-state index contributed by atoms with van der Waals surface area (Å²) in [4.78, 5) is 23.4. The molecule has 2 rings (SSSR count). The summed E-state index contributed by atoms with van der Waals surface area (Å²) in [5.41, 5.74) is 1.45. The van der Waals surface area contributed by atoms with Crippen LogP contribution >= 0.6 is 0 Å². The van der Waals surface area contributed by atoms with Gasteiger partial charge >= 0.3 is 18.0 Å². The van der Waals surface area contributed by atoms with Gasteiger partial charge in [-0.1, -0.05) is 18.2 Å². The Balaban J connectivity index is 1.98. The van der Waals surface area contributed by atoms with Gasteiger partial charge in [0.1, 0.15) is 5.75 Å². The van der Waals surface area contributed by atoms with Gasteiger partial charge in [0.25, 0.3) is 0 Å². The summed E-state index contributed by atoms with van der Waals surface area (Å²) in [6.45, 7) is 0. The van der Waals surface area contributed by atoms with Crippen LogP contribution in [0, 0.1) is 0 Å². The zero-order chi connectivity index (χ0) is 19.2. The molecular weight excluding hydrogens is 351 g/mol. The Morgan fingerprint density at radius 3 is 2.50 bits per heavy atom. The Kier molecular flexibility index (Phi) is 5.94. The quantitative estimate of drug-likeness (QED) is 0.497. The molecular formula is C17H14F3N3O3. The molecule has 0 unspecified atom stereocenters. The molecule has 0 aliphatic carbocycles. The number of rotatable bonds is 4. The zero-order valence-electron chi connectivity index (χ0n) is 13.5. The molecule has 0 saturated heterocycles. The molecule has 0 heterocycles. The van der Waals surface area contributed by atoms with Crippen molar-refractivity contribution in [3.63, 3.8) is 0 Å². The van der Waals surface area contributed by atoms with Crippen molar-refractivity contribution in [2.24, 2.45) is 5.10 Å². The minimum absolute atomic E-state index is 0.159. The Bertz CT molecular complexity index is 835. The molecule has 26 heavy (non-hydrogen) atoms. The fraction of sp³-hybridized carbons (Fsp3) is 0.118. The number of halogens is 3. The molecule has 9 heteroatoms. The van der Waals surface area contributed by atoms with Gasteiger partial charge in [-0.05, 0) is 30.3 Å². The number of anilines is 1. The number of nitrogens with zero attached hydrogens (tertiary/aromatic N) is 1. The van der Waals surface area contributed by atoms with Crippen LogP contribution in [0.5, 0.6) is 5.75 Å². The van der Waals surface area contributed by atoms with Crippen LogP contribution in [0.25, 0.3) is 0 Å². The molecule has 0 atom stereocenters. The first kappa shape index (κ1) is 19.0. The predicted octanol–water partition coefficient (Wildman–Crippen LogP) is 2.80. The largest absolute Gasteiger partial charge is 0.496 e. The van der Waals surface area contributed by atoms with Crippen LogP contribution in [0.4, 0.5) is 18.9 Å². The van der Waals surface area contributed by atoms with E-state index < -0.39 is 23.6 Å². The summed E-state index contributed by atoms with van der Waals surface area (Å²) >= 11 is 0. The number of methoxy groups -OCH3 is 1. The minimum Gasteiger partial charge on any atom is -0.496 e. The van der Waals surface area contributed by atoms with Crippen molar-refractivity contribution in [1.29, 1.82) is 0 Å². The maximum atomic E-state index is 12.6. The summed E-state index contributed by atoms with van der Waals surface area (Å²) in [7, 11) is 1.47. The fourth-order valence-corrected chi connectivity index (χ4v) is 1.95. The Morgan fingerprint density at radius 2 is 1.81 bits per heavy atom. The van der Waals surface area contributed by atoms with Crippen LogP contribution in [0.2, 0.25) is 0 Å². The first-order chi connectivity index (χ1) is 12.3. The Morgan fingerprint density at radius 1 is 1.08 bits per heavy atom. The number of hydrogen-bond acceptors (Lipinski definition) is 4. The number of carbonyl (C=O) groups is 2. The molecule has 2 N–H and O–H groups in total. The van der Waals surface area contributed by atoms with Crippen LogP contribution in [0.3, 0.4) is 0 Å². The third-order valence-corrected chi connectivity index (χ3v) is 3.16. The molecule has 2 amide bonds. The molecule has 136 valence electrons. The SMILES string of the molecule is COc1ccccc1/C=N/NC(=O)C(=O)Nc1cccc(C(F)(F)F)c1. The van der Waals surface area contributed by atoms with Crippen molar-refractivity contribution in [3.8, 4) is 5.75 Å². The summed E-state index contributed by atoms with van der Waals surface area (Å²) in [5, 5.41) is 5.70. The van der Waals surface area contributed by atoms with Gasteiger partial charge in [0.05, 0.1) is 18.9 Å². The second kappa shape index (κ2) is 8.15. The highest BCUT2D eigenvalue weighted by Gasteiger charge is 2.30. The first-order valence-electron chi connectivity index (χ1n) is 7.26. The summed E-state index contributed by atoms with van der Waals surface area (Å²) < 4.78 is 43.0. The number of alkyl halides is 3. The number of para-hydroxylation sites is 1. The lowest BCUT2D eigenvalue weighted by Gasteiger charge is -2.09. The molecule has 2 aromatic rings. The van der Waals surface area contributed by atoms with E-state index in [4.69, 9.17) is 4.74 Å². The third kappa shape index (κ3) is 5.07. The molecule has 0 spiro atoms. The van der Waals surface area contributed by atoms with Gasteiger partial charge in [-0.3, -0.25) is 9.59 Å². The summed E-state index contributed by atoms with van der Waals surface area (Å²) in [5.74, 6) is -1.77. The van der Waals surface area contributed by atoms with E-state index in [2.05, 4.69) is 10.4 Å². The lowest BCUT2D eigenvalue weighted by Crippen LogP contribution is -2.32. The maximum absolute atomic E-state index is 12.6. The van der Waals surface area contributed by atoms with Crippen LogP contribution in [0.1, 0.15) is 11.1 Å². The van der Waals surface area contributed by atoms with E-state index in [9.17, 15) is 22.8 Å². The maximum Gasteiger partial charge on any atom is 0.416 e. The topological polar surface area (TPSA) is 79.8 Å². The number of benzene rings is 2. The molecule has 0 radical (unpaired) electrons. The van der Waals surface area contributed by atoms with Crippen molar-refractivity contribution in [2.45, 2.75) is 6.18 Å². The van der Waals surface area contributed by atoms with Crippen molar-refractivity contribution in [2.75, 3.05) is 12.4 Å². The van der Waals surface area contributed by atoms with E-state index in [1.807, 2.05) is 5.43 Å². The van der Waals surface area contributed by atoms with Gasteiger partial charge in [0.2, 0.25) is 0 Å². The van der Waals surface area contributed by atoms with Gasteiger partial charge in [-0.15, -0.1) is 0 Å². The predicted molar refractivity (Wildman–Crippen MR) is 88.8 cm³/mol. The number of amides is 2. The van der Waals surface area contributed by atoms with E-state index in [1.54, 1.807) is 24.3 Å². The minimum atomic E-state index is -4.55. The number of nitrogens with one attached hydrogen (secondary N) is 2. The van der Waals surface area contributed by atoms with Gasteiger partial charge in [0.15, 0.2) is 0 Å². The smallest absolute Gasteiger partial charge is 0.416 e. The molecule has 0 aliphatic rings. The Hall–Kier alpha value is -3.36. The normalized spacial score (nSPS) is 11.2. The number of hydrogen-bond donors (Lipinski definition) is 2. The van der Waals surface area contributed by atoms with Crippen molar-refractivity contribution < 1.29 is 27.5 Å². The van der Waals surface area contributed by atoms with E-state index >= 15 is 0 Å². The monoisotopic (exact) mass is 365 g/mol. The highest BCUT2D eigenvalue weighted by molar-refractivity contribution is 6.39. The van der Waals surface area contributed by atoms with Crippen molar-refractivity contribution in [3.05, 3.63) is 59.7 Å². The average Bonchev–Trinajstić information content (AvgIpc) is 2.61. The van der Waals surface area contributed by atoms with Gasteiger partial charge < -0.3 is 10.1 Å². The van der Waals surface area contributed by atoms with Crippen molar-refractivity contribution >= 4 is 23.7 Å². The molecule has 0 saturated carbocycles. The van der Waals surface area contributed by atoms with E-state index in [1.165, 1.54) is 19.4 Å². The van der Waals surface area contributed by atoms with Crippen LogP contribution in [-0.2, 0) is 15.8 Å². The fourth-order valence-electron chi connectivity index (χ4n) is 1.95. The second-order valence-corrected chi connectivity index (χ2v) is 4.97. The van der Waals surface area contributed by atoms with Crippen LogP contribution in [-0.4, -0.2) is 25.1 Å². The summed E-state index contributed by atoms with van der Waals surface area (Å²) in [6.07, 6.45) is -3.28. The van der Waals surface area contributed by atoms with Crippen LogP contribution < -0.4 is 15.5 Å². The Labute approximate surface area is 146 Å². The third-order valence-electron chi connectivity index (χ3n) is 3.16. The highest BCUT2D eigenvalue weighted by atomic mass is 19.4. The zero-order valence-corrected chi connectivity index (χ0v) is 13.5. The van der Waals surface area contributed by atoms with E-state index in [0.29, 0.717) is 11.3 Å². The van der Waals surface area contributed by atoms with E-state index in [0.717, 1.165) is 18.2 Å². The number of hydrazone groups is 1. The number of ether oxygens (including phenoxy) is 1.